The van der Waals surface area contributed by atoms with Crippen LogP contribution in [0.3, 0.4) is 0 Å². The highest BCUT2D eigenvalue weighted by Gasteiger charge is 2.52. The molecule has 1 aromatic carbocycles. The van der Waals surface area contributed by atoms with Crippen molar-refractivity contribution in [2.75, 3.05) is 5.75 Å². The average molecular weight is 404 g/mol. The highest BCUT2D eigenvalue weighted by atomic mass is 32.2. The Kier molecular flexibility index (Phi) is 6.19. The lowest BCUT2D eigenvalue weighted by molar-refractivity contribution is -0.137. The average Bonchev–Trinajstić information content (AvgIpc) is 2.70. The molecule has 0 unspecified atom stereocenters. The van der Waals surface area contributed by atoms with Gasteiger partial charge in [0.05, 0.1) is 16.8 Å². The number of carbonyl (C=O) groups is 1. The summed E-state index contributed by atoms with van der Waals surface area (Å²) in [6.45, 7) is 8.75. The summed E-state index contributed by atoms with van der Waals surface area (Å²) >= 11 is 0.977. The van der Waals surface area contributed by atoms with Gasteiger partial charge in [-0.3, -0.25) is 4.79 Å². The number of benzene rings is 1. The third-order valence-electron chi connectivity index (χ3n) is 4.60. The number of halogens is 4. The number of alkyl halides is 3. The van der Waals surface area contributed by atoms with Gasteiger partial charge in [-0.2, -0.15) is 13.2 Å². The van der Waals surface area contributed by atoms with Crippen LogP contribution in [-0.2, 0) is 20.3 Å². The smallest absolute Gasteiger partial charge is 0.400 e. The topological polar surface area (TPSA) is 35.5 Å². The number of hydrogen-bond donors (Lipinski definition) is 0. The largest absolute Gasteiger partial charge is 0.491 e. The lowest BCUT2D eigenvalue weighted by Gasteiger charge is -2.32. The van der Waals surface area contributed by atoms with Crippen LogP contribution in [0.2, 0.25) is 0 Å². The third kappa shape index (κ3) is 5.36. The summed E-state index contributed by atoms with van der Waals surface area (Å²) in [7, 11) is -0.848. The summed E-state index contributed by atoms with van der Waals surface area (Å²) < 4.78 is 64.4. The van der Waals surface area contributed by atoms with Crippen LogP contribution in [0.4, 0.5) is 17.6 Å². The van der Waals surface area contributed by atoms with Gasteiger partial charge in [-0.25, -0.2) is 4.39 Å². The van der Waals surface area contributed by atoms with E-state index in [1.54, 1.807) is 0 Å². The Bertz CT molecular complexity index is 743. The van der Waals surface area contributed by atoms with Gasteiger partial charge in [0.1, 0.15) is 5.82 Å². The zero-order valence-electron chi connectivity index (χ0n) is 15.7. The first kappa shape index (κ1) is 22.0. The summed E-state index contributed by atoms with van der Waals surface area (Å²) in [4.78, 5) is 11.4. The van der Waals surface area contributed by atoms with E-state index in [4.69, 9.17) is 9.31 Å². The third-order valence-corrected chi connectivity index (χ3v) is 5.48. The minimum absolute atomic E-state index is 0.0242. The number of rotatable bonds is 4. The van der Waals surface area contributed by atoms with E-state index in [0.29, 0.717) is 11.5 Å². The van der Waals surface area contributed by atoms with E-state index >= 15 is 0 Å². The molecule has 0 spiro atoms. The van der Waals surface area contributed by atoms with Crippen LogP contribution >= 0.6 is 11.8 Å². The van der Waals surface area contributed by atoms with Gasteiger partial charge in [-0.1, -0.05) is 17.8 Å². The maximum absolute atomic E-state index is 13.7. The maximum atomic E-state index is 13.7. The molecule has 0 atom stereocenters. The molecule has 3 nitrogen and oxygen atoms in total. The van der Waals surface area contributed by atoms with Gasteiger partial charge in [0, 0.05) is 12.7 Å². The van der Waals surface area contributed by atoms with Crippen LogP contribution in [-0.4, -0.2) is 29.2 Å². The molecule has 1 aromatic rings. The van der Waals surface area contributed by atoms with Crippen LogP contribution in [0.1, 0.15) is 45.7 Å². The summed E-state index contributed by atoms with van der Waals surface area (Å²) in [5.41, 5.74) is -1.92. The Morgan fingerprint density at radius 1 is 1.15 bits per heavy atom. The highest BCUT2D eigenvalue weighted by Crippen LogP contribution is 2.39. The zero-order valence-corrected chi connectivity index (χ0v) is 16.6. The van der Waals surface area contributed by atoms with Gasteiger partial charge in [-0.05, 0) is 56.9 Å². The minimum Gasteiger partial charge on any atom is -0.400 e. The second kappa shape index (κ2) is 7.60. The van der Waals surface area contributed by atoms with Crippen molar-refractivity contribution in [2.24, 2.45) is 0 Å². The minimum atomic E-state index is -4.66. The van der Waals surface area contributed by atoms with Crippen molar-refractivity contribution in [1.82, 2.24) is 0 Å². The predicted octanol–water partition coefficient (Wildman–Crippen LogP) is 5.14. The van der Waals surface area contributed by atoms with E-state index in [1.165, 1.54) is 13.0 Å². The van der Waals surface area contributed by atoms with E-state index < -0.39 is 35.9 Å². The molecular weight excluding hydrogens is 383 g/mol. The molecule has 0 bridgehead atoms. The van der Waals surface area contributed by atoms with Crippen molar-refractivity contribution in [3.05, 3.63) is 40.6 Å². The van der Waals surface area contributed by atoms with Crippen LogP contribution in [0.25, 0.3) is 6.08 Å². The molecule has 0 aromatic heterocycles. The second-order valence-corrected chi connectivity index (χ2v) is 8.51. The van der Waals surface area contributed by atoms with E-state index in [1.807, 2.05) is 27.7 Å². The molecule has 27 heavy (non-hydrogen) atoms. The van der Waals surface area contributed by atoms with Gasteiger partial charge >= 0.3 is 13.3 Å². The monoisotopic (exact) mass is 404 g/mol. The van der Waals surface area contributed by atoms with Crippen LogP contribution in [0.5, 0.6) is 0 Å². The quantitative estimate of drug-likeness (QED) is 0.515. The van der Waals surface area contributed by atoms with Crippen LogP contribution in [0, 0.1) is 5.82 Å². The predicted molar refractivity (Wildman–Crippen MR) is 98.6 cm³/mol. The van der Waals surface area contributed by atoms with Gasteiger partial charge in [-0.15, -0.1) is 0 Å². The second-order valence-electron chi connectivity index (χ2n) is 7.36. The van der Waals surface area contributed by atoms with Crippen molar-refractivity contribution in [1.29, 1.82) is 0 Å². The normalized spacial score (nSPS) is 19.4. The first-order valence-corrected chi connectivity index (χ1v) is 9.27. The van der Waals surface area contributed by atoms with Gasteiger partial charge in [0.25, 0.3) is 0 Å². The molecule has 1 saturated heterocycles. The highest BCUT2D eigenvalue weighted by molar-refractivity contribution is 8.13. The lowest BCUT2D eigenvalue weighted by Crippen LogP contribution is -2.41. The fourth-order valence-electron chi connectivity index (χ4n) is 2.43. The van der Waals surface area contributed by atoms with Crippen molar-refractivity contribution in [3.63, 3.8) is 0 Å². The molecule has 0 radical (unpaired) electrons. The molecule has 0 saturated carbocycles. The molecule has 1 fully saturated rings. The SMILES string of the molecule is CC(=O)SCC(=Cc1cc(F)cc(C(F)(F)F)c1)B1OC(C)(C)C(C)(C)O1. The van der Waals surface area contributed by atoms with E-state index in [-0.39, 0.29) is 16.4 Å². The maximum Gasteiger partial charge on any atom is 0.491 e. The number of thioether (sulfide) groups is 1. The first-order valence-electron chi connectivity index (χ1n) is 8.28. The van der Waals surface area contributed by atoms with Crippen molar-refractivity contribution in [2.45, 2.75) is 52.0 Å². The zero-order chi connectivity index (χ0) is 20.6. The Hall–Kier alpha value is -1.32. The van der Waals surface area contributed by atoms with Crippen molar-refractivity contribution < 1.29 is 31.7 Å². The molecule has 1 aliphatic rings. The molecule has 1 heterocycles. The summed E-state index contributed by atoms with van der Waals surface area (Å²) in [6.07, 6.45) is -3.28. The molecule has 148 valence electrons. The fourth-order valence-corrected chi connectivity index (χ4v) is 3.02. The molecule has 0 amide bonds. The van der Waals surface area contributed by atoms with Crippen LogP contribution < -0.4 is 0 Å². The summed E-state index contributed by atoms with van der Waals surface area (Å²) in [5, 5.41) is -0.160. The van der Waals surface area contributed by atoms with Crippen LogP contribution in [0.15, 0.2) is 23.7 Å². The van der Waals surface area contributed by atoms with E-state index in [2.05, 4.69) is 0 Å². The van der Waals surface area contributed by atoms with Gasteiger partial charge in [0.2, 0.25) is 0 Å². The summed E-state index contributed by atoms with van der Waals surface area (Å²) in [5.74, 6) is -0.840. The molecule has 1 aliphatic heterocycles. The van der Waals surface area contributed by atoms with Crippen molar-refractivity contribution >= 4 is 30.1 Å². The molecule has 2 rings (SSSR count). The number of hydrogen-bond acceptors (Lipinski definition) is 4. The number of carbonyl (C=O) groups excluding carboxylic acids is 1. The van der Waals surface area contributed by atoms with Crippen molar-refractivity contribution in [3.8, 4) is 0 Å². The molecular formula is C18H21BF4O3S. The van der Waals surface area contributed by atoms with E-state index in [9.17, 15) is 22.4 Å². The lowest BCUT2D eigenvalue weighted by atomic mass is 9.78. The fraction of sp³-hybridized carbons (Fsp3) is 0.500. The Labute approximate surface area is 160 Å². The Morgan fingerprint density at radius 2 is 1.70 bits per heavy atom. The molecule has 9 heteroatoms. The van der Waals surface area contributed by atoms with E-state index in [0.717, 1.165) is 23.9 Å². The molecule has 0 aliphatic carbocycles. The molecule has 0 N–H and O–H groups in total. The Morgan fingerprint density at radius 3 is 2.19 bits per heavy atom. The first-order chi connectivity index (χ1) is 12.2. The van der Waals surface area contributed by atoms with Gasteiger partial charge in [0.15, 0.2) is 5.12 Å². The Balaban J connectivity index is 2.43. The van der Waals surface area contributed by atoms with Gasteiger partial charge < -0.3 is 9.31 Å². The standard InChI is InChI=1S/C18H21BF4O3S/c1-11(24)27-10-14(19-25-16(2,3)17(4,5)26-19)7-12-6-13(18(21,22)23)9-15(20)8-12/h6-9H,10H2,1-5H3. The summed E-state index contributed by atoms with van der Waals surface area (Å²) in [6, 6.07) is 2.29.